The van der Waals surface area contributed by atoms with Crippen molar-refractivity contribution in [3.05, 3.63) is 15.9 Å². The first-order valence-corrected chi connectivity index (χ1v) is 6.77. The first kappa shape index (κ1) is 12.1. The summed E-state index contributed by atoms with van der Waals surface area (Å²) in [6.45, 7) is 7.23. The smallest absolute Gasteiger partial charge is 0.0738 e. The number of halogens is 1. The van der Waals surface area contributed by atoms with Crippen molar-refractivity contribution >= 4 is 15.9 Å². The van der Waals surface area contributed by atoms with Gasteiger partial charge in [-0.15, -0.1) is 0 Å². The quantitative estimate of drug-likeness (QED) is 0.924. The SMILES string of the molecule is CCn1nc(C)c(Br)c1CC1(C(C)N)CC1. The van der Waals surface area contributed by atoms with Crippen molar-refractivity contribution < 1.29 is 0 Å². The van der Waals surface area contributed by atoms with E-state index < -0.39 is 0 Å². The zero-order valence-electron chi connectivity index (χ0n) is 10.3. The van der Waals surface area contributed by atoms with E-state index in [2.05, 4.69) is 39.6 Å². The van der Waals surface area contributed by atoms with Gasteiger partial charge in [0.1, 0.15) is 0 Å². The van der Waals surface area contributed by atoms with Crippen LogP contribution in [0.1, 0.15) is 38.1 Å². The number of nitrogens with two attached hydrogens (primary N) is 1. The average molecular weight is 286 g/mol. The molecule has 4 heteroatoms. The standard InChI is InChI=1S/C12H20BrN3/c1-4-16-10(11(13)8(2)15-16)7-12(5-6-12)9(3)14/h9H,4-7,14H2,1-3H3. The predicted molar refractivity (Wildman–Crippen MR) is 69.4 cm³/mol. The molecule has 2 rings (SSSR count). The summed E-state index contributed by atoms with van der Waals surface area (Å²) in [5, 5.41) is 4.53. The average Bonchev–Trinajstić information content (AvgIpc) is 2.97. The van der Waals surface area contributed by atoms with E-state index in [1.807, 2.05) is 6.92 Å². The second kappa shape index (κ2) is 4.15. The lowest BCUT2D eigenvalue weighted by molar-refractivity contribution is 0.402. The third kappa shape index (κ3) is 1.93. The van der Waals surface area contributed by atoms with Crippen LogP contribution < -0.4 is 5.73 Å². The highest BCUT2D eigenvalue weighted by Gasteiger charge is 2.46. The molecular formula is C12H20BrN3. The minimum absolute atomic E-state index is 0.278. The van der Waals surface area contributed by atoms with Crippen molar-refractivity contribution in [2.45, 2.75) is 52.6 Å². The summed E-state index contributed by atoms with van der Waals surface area (Å²) in [7, 11) is 0. The fraction of sp³-hybridized carbons (Fsp3) is 0.750. The van der Waals surface area contributed by atoms with Crippen molar-refractivity contribution in [3.8, 4) is 0 Å². The fourth-order valence-corrected chi connectivity index (χ4v) is 2.75. The van der Waals surface area contributed by atoms with E-state index in [4.69, 9.17) is 5.73 Å². The fourth-order valence-electron chi connectivity index (χ4n) is 2.33. The Morgan fingerprint density at radius 2 is 2.19 bits per heavy atom. The number of aryl methyl sites for hydroxylation is 2. The van der Waals surface area contributed by atoms with Crippen LogP contribution >= 0.6 is 15.9 Å². The van der Waals surface area contributed by atoms with Crippen LogP contribution in [0.25, 0.3) is 0 Å². The van der Waals surface area contributed by atoms with E-state index in [0.29, 0.717) is 5.41 Å². The van der Waals surface area contributed by atoms with Crippen LogP contribution in [0, 0.1) is 12.3 Å². The highest BCUT2D eigenvalue weighted by molar-refractivity contribution is 9.10. The van der Waals surface area contributed by atoms with Gasteiger partial charge < -0.3 is 5.73 Å². The van der Waals surface area contributed by atoms with Crippen molar-refractivity contribution in [2.24, 2.45) is 11.1 Å². The molecule has 1 aliphatic carbocycles. The maximum atomic E-state index is 6.08. The summed E-state index contributed by atoms with van der Waals surface area (Å²) in [5.74, 6) is 0. The monoisotopic (exact) mass is 285 g/mol. The van der Waals surface area contributed by atoms with Gasteiger partial charge in [-0.25, -0.2) is 0 Å². The van der Waals surface area contributed by atoms with Gasteiger partial charge in [0.15, 0.2) is 0 Å². The lowest BCUT2D eigenvalue weighted by Gasteiger charge is -2.20. The Kier molecular flexibility index (Phi) is 3.14. The summed E-state index contributed by atoms with van der Waals surface area (Å²) in [4.78, 5) is 0. The highest BCUT2D eigenvalue weighted by atomic mass is 79.9. The topological polar surface area (TPSA) is 43.8 Å². The van der Waals surface area contributed by atoms with Crippen molar-refractivity contribution in [2.75, 3.05) is 0 Å². The second-order valence-electron chi connectivity index (χ2n) is 4.99. The van der Waals surface area contributed by atoms with Crippen LogP contribution in [-0.2, 0) is 13.0 Å². The lowest BCUT2D eigenvalue weighted by atomic mass is 9.93. The molecule has 1 aromatic rings. The van der Waals surface area contributed by atoms with E-state index in [1.165, 1.54) is 23.0 Å². The third-order valence-electron chi connectivity index (χ3n) is 3.83. The van der Waals surface area contributed by atoms with Gasteiger partial charge in [-0.1, -0.05) is 0 Å². The molecule has 1 unspecified atom stereocenters. The maximum Gasteiger partial charge on any atom is 0.0738 e. The van der Waals surface area contributed by atoms with Gasteiger partial charge in [-0.05, 0) is 61.4 Å². The summed E-state index contributed by atoms with van der Waals surface area (Å²) < 4.78 is 3.27. The summed E-state index contributed by atoms with van der Waals surface area (Å²) >= 11 is 3.65. The molecule has 1 aromatic heterocycles. The van der Waals surface area contributed by atoms with Crippen LogP contribution in [0.2, 0.25) is 0 Å². The van der Waals surface area contributed by atoms with E-state index in [1.54, 1.807) is 0 Å². The molecule has 0 saturated heterocycles. The molecule has 90 valence electrons. The Hall–Kier alpha value is -0.350. The van der Waals surface area contributed by atoms with E-state index in [0.717, 1.165) is 18.7 Å². The molecule has 1 aliphatic rings. The molecule has 3 nitrogen and oxygen atoms in total. The predicted octanol–water partition coefficient (Wildman–Crippen LogP) is 2.64. The molecule has 1 atom stereocenters. The highest BCUT2D eigenvalue weighted by Crippen LogP contribution is 2.51. The number of hydrogen-bond acceptors (Lipinski definition) is 2. The molecule has 0 bridgehead atoms. The number of nitrogens with zero attached hydrogens (tertiary/aromatic N) is 2. The Bertz CT molecular complexity index is 391. The van der Waals surface area contributed by atoms with Gasteiger partial charge in [0.25, 0.3) is 0 Å². The molecule has 0 radical (unpaired) electrons. The molecule has 0 amide bonds. The van der Waals surface area contributed by atoms with E-state index >= 15 is 0 Å². The Morgan fingerprint density at radius 1 is 1.56 bits per heavy atom. The Balaban J connectivity index is 2.27. The van der Waals surface area contributed by atoms with Gasteiger partial charge in [-0.3, -0.25) is 4.68 Å². The first-order chi connectivity index (χ1) is 7.50. The zero-order valence-corrected chi connectivity index (χ0v) is 11.8. The second-order valence-corrected chi connectivity index (χ2v) is 5.78. The molecular weight excluding hydrogens is 266 g/mol. The van der Waals surface area contributed by atoms with E-state index in [-0.39, 0.29) is 6.04 Å². The molecule has 0 spiro atoms. The molecule has 0 aliphatic heterocycles. The molecule has 1 saturated carbocycles. The zero-order chi connectivity index (χ0) is 11.9. The largest absolute Gasteiger partial charge is 0.327 e. The van der Waals surface area contributed by atoms with E-state index in [9.17, 15) is 0 Å². The minimum atomic E-state index is 0.278. The van der Waals surface area contributed by atoms with Crippen LogP contribution in [0.3, 0.4) is 0 Å². The van der Waals surface area contributed by atoms with Crippen molar-refractivity contribution in [1.82, 2.24) is 9.78 Å². The normalized spacial score (nSPS) is 19.8. The van der Waals surface area contributed by atoms with Crippen LogP contribution in [0.15, 0.2) is 4.47 Å². The summed E-state index contributed by atoms with van der Waals surface area (Å²) in [6.07, 6.45) is 3.57. The van der Waals surface area contributed by atoms with Gasteiger partial charge in [0, 0.05) is 12.6 Å². The Labute approximate surface area is 106 Å². The van der Waals surface area contributed by atoms with Gasteiger partial charge in [0.2, 0.25) is 0 Å². The third-order valence-corrected chi connectivity index (χ3v) is 4.86. The van der Waals surface area contributed by atoms with Crippen LogP contribution in [-0.4, -0.2) is 15.8 Å². The van der Waals surface area contributed by atoms with Gasteiger partial charge in [-0.2, -0.15) is 5.10 Å². The minimum Gasteiger partial charge on any atom is -0.327 e. The van der Waals surface area contributed by atoms with Crippen molar-refractivity contribution in [1.29, 1.82) is 0 Å². The molecule has 0 aromatic carbocycles. The molecule has 2 N–H and O–H groups in total. The first-order valence-electron chi connectivity index (χ1n) is 5.97. The lowest BCUT2D eigenvalue weighted by Crippen LogP contribution is -2.30. The molecule has 16 heavy (non-hydrogen) atoms. The van der Waals surface area contributed by atoms with Gasteiger partial charge in [0.05, 0.1) is 15.9 Å². The summed E-state index contributed by atoms with van der Waals surface area (Å²) in [6, 6.07) is 0.278. The van der Waals surface area contributed by atoms with Crippen LogP contribution in [0.4, 0.5) is 0 Å². The number of hydrogen-bond donors (Lipinski definition) is 1. The van der Waals surface area contributed by atoms with Gasteiger partial charge >= 0.3 is 0 Å². The number of rotatable bonds is 4. The Morgan fingerprint density at radius 3 is 2.62 bits per heavy atom. The maximum absolute atomic E-state index is 6.08. The summed E-state index contributed by atoms with van der Waals surface area (Å²) in [5.41, 5.74) is 8.81. The van der Waals surface area contributed by atoms with Crippen LogP contribution in [0.5, 0.6) is 0 Å². The molecule has 1 fully saturated rings. The molecule has 1 heterocycles. The van der Waals surface area contributed by atoms with Crippen molar-refractivity contribution in [3.63, 3.8) is 0 Å². The number of aromatic nitrogens is 2.